The molecule has 1 aliphatic carbocycles. The van der Waals surface area contributed by atoms with Crippen molar-refractivity contribution in [2.75, 3.05) is 12.4 Å². The van der Waals surface area contributed by atoms with Crippen LogP contribution in [0.1, 0.15) is 11.1 Å². The maximum absolute atomic E-state index is 12.6. The third kappa shape index (κ3) is 3.12. The van der Waals surface area contributed by atoms with E-state index in [0.717, 1.165) is 11.1 Å². The minimum absolute atomic E-state index is 0.225. The fraction of sp³-hybridized carbons (Fsp3) is 0.238. The summed E-state index contributed by atoms with van der Waals surface area (Å²) in [6.07, 6.45) is 0.741. The number of methoxy groups -OCH3 is 1. The molecule has 1 aromatic heterocycles. The third-order valence-corrected chi connectivity index (χ3v) is 5.67. The second-order valence-electron chi connectivity index (χ2n) is 7.66. The second kappa shape index (κ2) is 6.73. The first-order valence-electron chi connectivity index (χ1n) is 9.59. The second-order valence-corrected chi connectivity index (χ2v) is 7.66. The van der Waals surface area contributed by atoms with Crippen molar-refractivity contribution in [3.63, 3.8) is 0 Å². The van der Waals surface area contributed by atoms with E-state index in [9.17, 15) is 19.2 Å². The van der Waals surface area contributed by atoms with Gasteiger partial charge in [0.25, 0.3) is 5.91 Å². The standard InChI is InChI=1S/C21H18N4O6/c1-30-14-4-5-15-16(7-14)31-20(29)25(15)10-17(26)22-13-3-2-11-8-21(9-12(11)6-13)18(27)23-19(28)24-21/h2-7H,8-10H2,1H3,(H,22,26)(H2,23,24,27,28). The predicted octanol–water partition coefficient (Wildman–Crippen LogP) is 0.919. The monoisotopic (exact) mass is 422 g/mol. The van der Waals surface area contributed by atoms with Gasteiger partial charge in [-0.1, -0.05) is 6.07 Å². The summed E-state index contributed by atoms with van der Waals surface area (Å²) in [5, 5.41) is 7.75. The Morgan fingerprint density at radius 1 is 1.16 bits per heavy atom. The van der Waals surface area contributed by atoms with Gasteiger partial charge in [0.15, 0.2) is 5.58 Å². The summed E-state index contributed by atoms with van der Waals surface area (Å²) in [5.41, 5.74) is 2.19. The van der Waals surface area contributed by atoms with Crippen molar-refractivity contribution >= 4 is 34.6 Å². The number of carbonyl (C=O) groups excluding carboxylic acids is 3. The molecule has 10 heteroatoms. The molecule has 0 saturated carbocycles. The lowest BCUT2D eigenvalue weighted by atomic mass is 9.96. The predicted molar refractivity (Wildman–Crippen MR) is 109 cm³/mol. The molecular formula is C21H18N4O6. The number of hydrogen-bond donors (Lipinski definition) is 3. The molecule has 1 saturated heterocycles. The molecule has 158 valence electrons. The number of nitrogens with one attached hydrogen (secondary N) is 3. The number of hydrogen-bond acceptors (Lipinski definition) is 6. The van der Waals surface area contributed by atoms with Gasteiger partial charge in [-0.2, -0.15) is 0 Å². The Labute approximate surface area is 175 Å². The van der Waals surface area contributed by atoms with Crippen LogP contribution in [-0.4, -0.2) is 35.1 Å². The van der Waals surface area contributed by atoms with Crippen LogP contribution in [0.15, 0.2) is 45.6 Å². The normalized spacial score (nSPS) is 19.4. The van der Waals surface area contributed by atoms with Crippen LogP contribution in [0.2, 0.25) is 0 Å². The summed E-state index contributed by atoms with van der Waals surface area (Å²) >= 11 is 0. The summed E-state index contributed by atoms with van der Waals surface area (Å²) in [6.45, 7) is -0.225. The van der Waals surface area contributed by atoms with Gasteiger partial charge in [0.2, 0.25) is 5.91 Å². The van der Waals surface area contributed by atoms with E-state index < -0.39 is 23.2 Å². The molecule has 4 amide bonds. The lowest BCUT2D eigenvalue weighted by Crippen LogP contribution is -2.47. The Balaban J connectivity index is 1.33. The third-order valence-electron chi connectivity index (χ3n) is 5.67. The number of imide groups is 1. The minimum atomic E-state index is -0.966. The molecule has 5 rings (SSSR count). The topological polar surface area (TPSA) is 132 Å². The largest absolute Gasteiger partial charge is 0.497 e. The van der Waals surface area contributed by atoms with Gasteiger partial charge in [-0.15, -0.1) is 0 Å². The summed E-state index contributed by atoms with van der Waals surface area (Å²) in [4.78, 5) is 48.5. The number of nitrogens with zero attached hydrogens (tertiary/aromatic N) is 1. The zero-order valence-corrected chi connectivity index (χ0v) is 16.5. The van der Waals surface area contributed by atoms with Crippen LogP contribution in [0.5, 0.6) is 5.75 Å². The summed E-state index contributed by atoms with van der Waals surface area (Å²) in [7, 11) is 1.51. The van der Waals surface area contributed by atoms with Crippen molar-refractivity contribution in [1.29, 1.82) is 0 Å². The van der Waals surface area contributed by atoms with E-state index in [4.69, 9.17) is 9.15 Å². The molecule has 1 spiro atoms. The quantitative estimate of drug-likeness (QED) is 0.536. The van der Waals surface area contributed by atoms with Crippen molar-refractivity contribution in [3.8, 4) is 5.75 Å². The highest BCUT2D eigenvalue weighted by molar-refractivity contribution is 6.08. The number of fused-ring (bicyclic) bond motifs is 2. The average molecular weight is 422 g/mol. The number of aromatic nitrogens is 1. The zero-order chi connectivity index (χ0) is 21.8. The van der Waals surface area contributed by atoms with E-state index in [1.54, 1.807) is 30.3 Å². The molecule has 0 radical (unpaired) electrons. The average Bonchev–Trinajstić information content (AvgIpc) is 3.33. The van der Waals surface area contributed by atoms with Crippen molar-refractivity contribution in [2.45, 2.75) is 24.9 Å². The van der Waals surface area contributed by atoms with Gasteiger partial charge in [0, 0.05) is 24.6 Å². The van der Waals surface area contributed by atoms with Crippen LogP contribution in [0, 0.1) is 0 Å². The SMILES string of the molecule is COc1ccc2c(c1)oc(=O)n2CC(=O)Nc1ccc2c(c1)CC1(C2)NC(=O)NC1=O. The van der Waals surface area contributed by atoms with Gasteiger partial charge in [-0.3, -0.25) is 19.5 Å². The number of benzene rings is 2. The molecule has 1 atom stereocenters. The number of oxazole rings is 1. The van der Waals surface area contributed by atoms with E-state index in [1.807, 2.05) is 6.07 Å². The smallest absolute Gasteiger partial charge is 0.420 e. The fourth-order valence-electron chi connectivity index (χ4n) is 4.20. The van der Waals surface area contributed by atoms with Crippen LogP contribution in [-0.2, 0) is 29.0 Å². The molecule has 3 aromatic rings. The van der Waals surface area contributed by atoms with Crippen molar-refractivity contribution < 1.29 is 23.5 Å². The van der Waals surface area contributed by atoms with E-state index in [0.29, 0.717) is 35.4 Å². The molecule has 2 heterocycles. The van der Waals surface area contributed by atoms with Gasteiger partial charge in [-0.25, -0.2) is 9.59 Å². The van der Waals surface area contributed by atoms with Crippen molar-refractivity contribution in [1.82, 2.24) is 15.2 Å². The number of rotatable bonds is 4. The number of amides is 4. The van der Waals surface area contributed by atoms with Gasteiger partial charge < -0.3 is 19.8 Å². The molecule has 0 bridgehead atoms. The van der Waals surface area contributed by atoms with Crippen LogP contribution in [0.3, 0.4) is 0 Å². The molecule has 10 nitrogen and oxygen atoms in total. The van der Waals surface area contributed by atoms with E-state index in [-0.39, 0.29) is 12.5 Å². The van der Waals surface area contributed by atoms with E-state index >= 15 is 0 Å². The van der Waals surface area contributed by atoms with E-state index in [2.05, 4.69) is 16.0 Å². The Kier molecular flexibility index (Phi) is 4.10. The first-order valence-corrected chi connectivity index (χ1v) is 9.59. The summed E-state index contributed by atoms with van der Waals surface area (Å²) in [5.74, 6) is -0.847. The summed E-state index contributed by atoms with van der Waals surface area (Å²) < 4.78 is 11.6. The van der Waals surface area contributed by atoms with Crippen molar-refractivity contribution in [2.24, 2.45) is 0 Å². The van der Waals surface area contributed by atoms with Crippen LogP contribution >= 0.6 is 0 Å². The maximum Gasteiger partial charge on any atom is 0.420 e. The minimum Gasteiger partial charge on any atom is -0.497 e. The maximum atomic E-state index is 12.6. The lowest BCUT2D eigenvalue weighted by Gasteiger charge is -2.18. The number of urea groups is 1. The fourth-order valence-corrected chi connectivity index (χ4v) is 4.20. The number of carbonyl (C=O) groups is 3. The Morgan fingerprint density at radius 2 is 1.97 bits per heavy atom. The molecule has 2 aromatic carbocycles. The van der Waals surface area contributed by atoms with Gasteiger partial charge in [0.1, 0.15) is 17.8 Å². The highest BCUT2D eigenvalue weighted by atomic mass is 16.5. The molecule has 1 unspecified atom stereocenters. The lowest BCUT2D eigenvalue weighted by molar-refractivity contribution is -0.123. The van der Waals surface area contributed by atoms with E-state index in [1.165, 1.54) is 11.7 Å². The molecule has 2 aliphatic rings. The molecule has 31 heavy (non-hydrogen) atoms. The van der Waals surface area contributed by atoms with Crippen molar-refractivity contribution in [3.05, 3.63) is 58.1 Å². The summed E-state index contributed by atoms with van der Waals surface area (Å²) in [6, 6.07) is 9.75. The Hall–Kier alpha value is -4.08. The molecule has 1 fully saturated rings. The van der Waals surface area contributed by atoms with Crippen LogP contribution in [0.4, 0.5) is 10.5 Å². The first kappa shape index (κ1) is 18.9. The Morgan fingerprint density at radius 3 is 2.71 bits per heavy atom. The molecule has 3 N–H and O–H groups in total. The Bertz CT molecular complexity index is 1320. The molecular weight excluding hydrogens is 404 g/mol. The highest BCUT2D eigenvalue weighted by Gasteiger charge is 2.49. The van der Waals surface area contributed by atoms with Gasteiger partial charge in [-0.05, 0) is 35.4 Å². The van der Waals surface area contributed by atoms with Crippen LogP contribution in [0.25, 0.3) is 11.1 Å². The van der Waals surface area contributed by atoms with Gasteiger partial charge >= 0.3 is 11.8 Å². The number of ether oxygens (including phenoxy) is 1. The van der Waals surface area contributed by atoms with Crippen LogP contribution < -0.4 is 26.4 Å². The zero-order valence-electron chi connectivity index (χ0n) is 16.5. The highest BCUT2D eigenvalue weighted by Crippen LogP contribution is 2.34. The first-order chi connectivity index (χ1) is 14.9. The molecule has 1 aliphatic heterocycles. The number of anilines is 1. The van der Waals surface area contributed by atoms with Gasteiger partial charge in [0.05, 0.1) is 12.6 Å².